The van der Waals surface area contributed by atoms with E-state index in [-0.39, 0.29) is 11.5 Å². The molecule has 1 aliphatic heterocycles. The van der Waals surface area contributed by atoms with Gasteiger partial charge in [-0.1, -0.05) is 30.3 Å². The first kappa shape index (κ1) is 18.3. The van der Waals surface area contributed by atoms with Gasteiger partial charge in [0, 0.05) is 45.3 Å². The van der Waals surface area contributed by atoms with E-state index in [9.17, 15) is 14.7 Å². The monoisotopic (exact) mass is 356 g/mol. The lowest BCUT2D eigenvalue weighted by Crippen LogP contribution is -2.50. The van der Waals surface area contributed by atoms with Crippen molar-refractivity contribution in [2.45, 2.75) is 19.6 Å². The number of aromatic nitrogens is 2. The van der Waals surface area contributed by atoms with Crippen LogP contribution < -0.4 is 5.56 Å². The van der Waals surface area contributed by atoms with Gasteiger partial charge >= 0.3 is 0 Å². The van der Waals surface area contributed by atoms with Crippen LogP contribution in [-0.2, 0) is 6.54 Å². The van der Waals surface area contributed by atoms with Gasteiger partial charge in [0.25, 0.3) is 11.5 Å². The first-order valence-electron chi connectivity index (χ1n) is 8.91. The van der Waals surface area contributed by atoms with Gasteiger partial charge in [0.2, 0.25) is 0 Å². The van der Waals surface area contributed by atoms with Gasteiger partial charge in [0.15, 0.2) is 0 Å². The Kier molecular flexibility index (Phi) is 5.80. The number of rotatable bonds is 5. The van der Waals surface area contributed by atoms with Crippen LogP contribution in [0.2, 0.25) is 0 Å². The molecule has 0 aliphatic carbocycles. The van der Waals surface area contributed by atoms with Gasteiger partial charge in [-0.05, 0) is 18.6 Å². The third-order valence-electron chi connectivity index (χ3n) is 4.66. The van der Waals surface area contributed by atoms with Crippen molar-refractivity contribution >= 4 is 5.91 Å². The number of hydrogen-bond donors (Lipinski definition) is 1. The third kappa shape index (κ3) is 4.17. The highest BCUT2D eigenvalue weighted by Gasteiger charge is 2.24. The molecule has 26 heavy (non-hydrogen) atoms. The number of aliphatic hydroxyl groups is 1. The molecule has 0 spiro atoms. The molecule has 1 atom stereocenters. The smallest absolute Gasteiger partial charge is 0.274 e. The molecule has 1 saturated heterocycles. The van der Waals surface area contributed by atoms with Crippen molar-refractivity contribution in [1.82, 2.24) is 19.6 Å². The Morgan fingerprint density at radius 1 is 1.12 bits per heavy atom. The van der Waals surface area contributed by atoms with E-state index in [1.54, 1.807) is 4.90 Å². The zero-order valence-electron chi connectivity index (χ0n) is 14.9. The molecule has 1 aliphatic rings. The van der Waals surface area contributed by atoms with Crippen LogP contribution in [0.4, 0.5) is 0 Å². The minimum Gasteiger partial charge on any atom is -0.387 e. The first-order chi connectivity index (χ1) is 12.6. The molecule has 1 unspecified atom stereocenters. The van der Waals surface area contributed by atoms with Crippen molar-refractivity contribution in [2.75, 3.05) is 32.7 Å². The summed E-state index contributed by atoms with van der Waals surface area (Å²) in [6.07, 6.45) is -0.534. The standard InChI is InChI=1S/C19H24N4O3/c1-2-23-18(25)9-8-16(20-23)19(26)22-12-10-21(11-13-22)14-17(24)15-6-4-3-5-7-15/h3-9,17,24H,2,10-14H2,1H3. The number of aliphatic hydroxyl groups excluding tert-OH is 1. The van der Waals surface area contributed by atoms with Crippen LogP contribution >= 0.6 is 0 Å². The summed E-state index contributed by atoms with van der Waals surface area (Å²) in [4.78, 5) is 28.1. The number of hydrogen-bond acceptors (Lipinski definition) is 5. The molecule has 1 N–H and O–H groups in total. The van der Waals surface area contributed by atoms with Gasteiger partial charge in [-0.15, -0.1) is 0 Å². The van der Waals surface area contributed by atoms with Gasteiger partial charge in [0.05, 0.1) is 6.10 Å². The number of nitrogens with zero attached hydrogens (tertiary/aromatic N) is 4. The molecule has 2 aromatic rings. The van der Waals surface area contributed by atoms with E-state index in [4.69, 9.17) is 0 Å². The maximum Gasteiger partial charge on any atom is 0.274 e. The number of amides is 1. The molecule has 1 fully saturated rings. The molecule has 0 radical (unpaired) electrons. The van der Waals surface area contributed by atoms with Gasteiger partial charge in [-0.2, -0.15) is 5.10 Å². The van der Waals surface area contributed by atoms with Crippen molar-refractivity contribution in [2.24, 2.45) is 0 Å². The summed E-state index contributed by atoms with van der Waals surface area (Å²) in [6, 6.07) is 12.5. The Hall–Kier alpha value is -2.51. The molecule has 1 aromatic heterocycles. The lowest BCUT2D eigenvalue weighted by Gasteiger charge is -2.35. The predicted octanol–water partition coefficient (Wildman–Crippen LogP) is 0.755. The summed E-state index contributed by atoms with van der Waals surface area (Å²) >= 11 is 0. The normalized spacial score (nSPS) is 16.5. The molecular weight excluding hydrogens is 332 g/mol. The second-order valence-electron chi connectivity index (χ2n) is 6.39. The van der Waals surface area contributed by atoms with E-state index >= 15 is 0 Å². The second kappa shape index (κ2) is 8.25. The highest BCUT2D eigenvalue weighted by molar-refractivity contribution is 5.92. The van der Waals surface area contributed by atoms with E-state index in [0.717, 1.165) is 5.56 Å². The Bertz CT molecular complexity index is 798. The molecule has 1 aromatic carbocycles. The third-order valence-corrected chi connectivity index (χ3v) is 4.66. The molecule has 7 heteroatoms. The summed E-state index contributed by atoms with van der Waals surface area (Å²) in [5.74, 6) is -0.157. The molecule has 3 rings (SSSR count). The van der Waals surface area contributed by atoms with Crippen molar-refractivity contribution in [3.05, 3.63) is 64.1 Å². The van der Waals surface area contributed by atoms with Crippen LogP contribution in [0.15, 0.2) is 47.3 Å². The van der Waals surface area contributed by atoms with Crippen molar-refractivity contribution in [3.63, 3.8) is 0 Å². The van der Waals surface area contributed by atoms with Crippen LogP contribution in [0, 0.1) is 0 Å². The maximum absolute atomic E-state index is 12.6. The van der Waals surface area contributed by atoms with E-state index in [1.165, 1.54) is 16.8 Å². The Labute approximate surface area is 152 Å². The lowest BCUT2D eigenvalue weighted by atomic mass is 10.1. The number of carbonyl (C=O) groups excluding carboxylic acids is 1. The summed E-state index contributed by atoms with van der Waals surface area (Å²) in [5.41, 5.74) is 0.991. The van der Waals surface area contributed by atoms with Crippen LogP contribution in [-0.4, -0.2) is 63.3 Å². The summed E-state index contributed by atoms with van der Waals surface area (Å²) in [7, 11) is 0. The SMILES string of the molecule is CCn1nc(C(=O)N2CCN(CC(O)c3ccccc3)CC2)ccc1=O. The summed E-state index contributed by atoms with van der Waals surface area (Å²) in [5, 5.41) is 14.5. The number of β-amino-alcohol motifs (C(OH)–C–C–N with tert-alkyl or cyclic N) is 1. The Balaban J connectivity index is 1.56. The molecule has 0 saturated carbocycles. The minimum absolute atomic E-state index is 0.157. The molecular formula is C19H24N4O3. The lowest BCUT2D eigenvalue weighted by molar-refractivity contribution is 0.0521. The van der Waals surface area contributed by atoms with Gasteiger partial charge < -0.3 is 10.0 Å². The second-order valence-corrected chi connectivity index (χ2v) is 6.39. The van der Waals surface area contributed by atoms with Gasteiger partial charge in [0.1, 0.15) is 5.69 Å². The van der Waals surface area contributed by atoms with Gasteiger partial charge in [-0.25, -0.2) is 4.68 Å². The minimum atomic E-state index is -0.534. The fraction of sp³-hybridized carbons (Fsp3) is 0.421. The average molecular weight is 356 g/mol. The molecule has 2 heterocycles. The zero-order valence-corrected chi connectivity index (χ0v) is 14.9. The van der Waals surface area contributed by atoms with E-state index in [0.29, 0.717) is 45.0 Å². The van der Waals surface area contributed by atoms with Crippen LogP contribution in [0.25, 0.3) is 0 Å². The van der Waals surface area contributed by atoms with Crippen molar-refractivity contribution in [3.8, 4) is 0 Å². The fourth-order valence-corrected chi connectivity index (χ4v) is 3.11. The Morgan fingerprint density at radius 2 is 1.81 bits per heavy atom. The topological polar surface area (TPSA) is 78.7 Å². The molecule has 0 bridgehead atoms. The zero-order chi connectivity index (χ0) is 18.5. The van der Waals surface area contributed by atoms with Gasteiger partial charge in [-0.3, -0.25) is 14.5 Å². The highest BCUT2D eigenvalue weighted by atomic mass is 16.3. The van der Waals surface area contributed by atoms with Crippen molar-refractivity contribution in [1.29, 1.82) is 0 Å². The quantitative estimate of drug-likeness (QED) is 0.856. The van der Waals surface area contributed by atoms with Crippen LogP contribution in [0.5, 0.6) is 0 Å². The summed E-state index contributed by atoms with van der Waals surface area (Å²) in [6.45, 7) is 5.35. The number of carbonyl (C=O) groups is 1. The molecule has 138 valence electrons. The number of aryl methyl sites for hydroxylation is 1. The number of benzene rings is 1. The first-order valence-corrected chi connectivity index (χ1v) is 8.91. The number of piperazine rings is 1. The van der Waals surface area contributed by atoms with Crippen molar-refractivity contribution < 1.29 is 9.90 Å². The highest BCUT2D eigenvalue weighted by Crippen LogP contribution is 2.15. The van der Waals surface area contributed by atoms with E-state index in [2.05, 4.69) is 10.00 Å². The average Bonchev–Trinajstić information content (AvgIpc) is 2.69. The molecule has 1 amide bonds. The maximum atomic E-state index is 12.6. The Morgan fingerprint density at radius 3 is 2.46 bits per heavy atom. The fourth-order valence-electron chi connectivity index (χ4n) is 3.11. The van der Waals surface area contributed by atoms with Crippen LogP contribution in [0.3, 0.4) is 0 Å². The van der Waals surface area contributed by atoms with E-state index in [1.807, 2.05) is 37.3 Å². The predicted molar refractivity (Wildman–Crippen MR) is 97.9 cm³/mol. The van der Waals surface area contributed by atoms with E-state index < -0.39 is 6.10 Å². The summed E-state index contributed by atoms with van der Waals surface area (Å²) < 4.78 is 1.29. The largest absolute Gasteiger partial charge is 0.387 e. The molecule has 7 nitrogen and oxygen atoms in total. The van der Waals surface area contributed by atoms with Crippen LogP contribution in [0.1, 0.15) is 29.1 Å².